The molecule has 2 aromatic heterocycles. The van der Waals surface area contributed by atoms with Crippen molar-refractivity contribution in [1.82, 2.24) is 19.7 Å². The summed E-state index contributed by atoms with van der Waals surface area (Å²) in [4.78, 5) is 17.6. The molecule has 0 bridgehead atoms. The van der Waals surface area contributed by atoms with Crippen LogP contribution in [0.5, 0.6) is 5.75 Å². The molecule has 4 aromatic rings. The maximum absolute atomic E-state index is 12.3. The smallest absolute Gasteiger partial charge is 0.262 e. The third kappa shape index (κ3) is 4.49. The lowest BCUT2D eigenvalue weighted by Gasteiger charge is -2.10. The first-order valence-corrected chi connectivity index (χ1v) is 9.87. The molecule has 0 aliphatic carbocycles. The van der Waals surface area contributed by atoms with Crippen LogP contribution in [-0.4, -0.2) is 32.3 Å². The van der Waals surface area contributed by atoms with Crippen LogP contribution in [0.25, 0.3) is 10.9 Å². The zero-order chi connectivity index (χ0) is 20.2. The van der Waals surface area contributed by atoms with Gasteiger partial charge < -0.3 is 14.6 Å². The summed E-state index contributed by atoms with van der Waals surface area (Å²) >= 11 is 7.67. The predicted molar refractivity (Wildman–Crippen MR) is 112 cm³/mol. The molecule has 0 spiro atoms. The Morgan fingerprint density at radius 3 is 2.79 bits per heavy atom. The van der Waals surface area contributed by atoms with Crippen LogP contribution in [0.15, 0.2) is 71.1 Å². The van der Waals surface area contributed by atoms with Crippen LogP contribution in [0.2, 0.25) is 5.02 Å². The summed E-state index contributed by atoms with van der Waals surface area (Å²) in [5.41, 5.74) is 1.30. The van der Waals surface area contributed by atoms with Gasteiger partial charge in [0, 0.05) is 29.2 Å². The minimum absolute atomic E-state index is 0.136. The van der Waals surface area contributed by atoms with Crippen molar-refractivity contribution in [2.75, 3.05) is 11.9 Å². The van der Waals surface area contributed by atoms with E-state index in [1.807, 2.05) is 41.9 Å². The van der Waals surface area contributed by atoms with E-state index >= 15 is 0 Å². The number of aryl methyl sites for hydroxylation is 1. The van der Waals surface area contributed by atoms with E-state index in [0.29, 0.717) is 22.0 Å². The van der Waals surface area contributed by atoms with Gasteiger partial charge in [-0.05, 0) is 60.3 Å². The first kappa shape index (κ1) is 19.2. The number of nitrogens with one attached hydrogen (secondary N) is 1. The van der Waals surface area contributed by atoms with Gasteiger partial charge in [-0.1, -0.05) is 11.6 Å². The third-order valence-electron chi connectivity index (χ3n) is 4.06. The second-order valence-corrected chi connectivity index (χ2v) is 7.58. The molecule has 146 valence electrons. The van der Waals surface area contributed by atoms with Gasteiger partial charge in [0.1, 0.15) is 17.6 Å². The fourth-order valence-corrected chi connectivity index (χ4v) is 3.62. The molecule has 0 saturated heterocycles. The van der Waals surface area contributed by atoms with Gasteiger partial charge in [-0.3, -0.25) is 9.78 Å². The first-order valence-electron chi connectivity index (χ1n) is 8.68. The summed E-state index contributed by atoms with van der Waals surface area (Å²) in [7, 11) is 1.89. The van der Waals surface area contributed by atoms with E-state index in [1.54, 1.807) is 30.7 Å². The molecule has 4 rings (SSSR count). The number of pyridine rings is 1. The van der Waals surface area contributed by atoms with Crippen molar-refractivity contribution in [3.63, 3.8) is 0 Å². The molecule has 0 fully saturated rings. The molecule has 1 N–H and O–H groups in total. The minimum atomic E-state index is -0.266. The predicted octanol–water partition coefficient (Wildman–Crippen LogP) is 4.19. The number of ether oxygens (including phenoxy) is 1. The van der Waals surface area contributed by atoms with E-state index in [9.17, 15) is 4.79 Å². The zero-order valence-corrected chi connectivity index (χ0v) is 16.9. The number of fused-ring (bicyclic) bond motifs is 1. The molecule has 0 saturated carbocycles. The summed E-state index contributed by atoms with van der Waals surface area (Å²) in [6, 6.07) is 14.6. The van der Waals surface area contributed by atoms with Gasteiger partial charge in [0.15, 0.2) is 11.8 Å². The van der Waals surface area contributed by atoms with E-state index in [4.69, 9.17) is 16.3 Å². The van der Waals surface area contributed by atoms with E-state index in [1.165, 1.54) is 11.8 Å². The van der Waals surface area contributed by atoms with Crippen LogP contribution in [0, 0.1) is 0 Å². The largest absolute Gasteiger partial charge is 0.481 e. The van der Waals surface area contributed by atoms with Gasteiger partial charge in [-0.15, -0.1) is 10.2 Å². The number of hydrogen-bond donors (Lipinski definition) is 1. The highest BCUT2D eigenvalue weighted by atomic mass is 35.5. The first-order chi connectivity index (χ1) is 14.1. The number of rotatable bonds is 6. The van der Waals surface area contributed by atoms with Crippen LogP contribution in [0.3, 0.4) is 0 Å². The molecule has 2 aromatic carbocycles. The van der Waals surface area contributed by atoms with E-state index in [0.717, 1.165) is 15.4 Å². The van der Waals surface area contributed by atoms with Crippen LogP contribution in [0.1, 0.15) is 0 Å². The topological polar surface area (TPSA) is 81.9 Å². The monoisotopic (exact) mass is 425 g/mol. The van der Waals surface area contributed by atoms with E-state index in [2.05, 4.69) is 20.5 Å². The maximum atomic E-state index is 12.3. The minimum Gasteiger partial charge on any atom is -0.481 e. The zero-order valence-electron chi connectivity index (χ0n) is 15.4. The van der Waals surface area contributed by atoms with Gasteiger partial charge in [0.2, 0.25) is 0 Å². The Morgan fingerprint density at radius 1 is 1.21 bits per heavy atom. The number of benzene rings is 2. The molecule has 0 atom stereocenters. The van der Waals surface area contributed by atoms with Crippen molar-refractivity contribution in [3.05, 3.63) is 66.1 Å². The van der Waals surface area contributed by atoms with Crippen molar-refractivity contribution in [2.24, 2.45) is 7.05 Å². The number of amides is 1. The molecule has 1 amide bonds. The molecule has 9 heteroatoms. The molecular weight excluding hydrogens is 410 g/mol. The quantitative estimate of drug-likeness (QED) is 0.499. The fraction of sp³-hybridized carbons (Fsp3) is 0.100. The molecule has 7 nitrogen and oxygen atoms in total. The van der Waals surface area contributed by atoms with E-state index < -0.39 is 0 Å². The standard InChI is InChI=1S/C20H16ClN5O2S/c1-26-12-23-25-20(26)29-14-6-4-13(5-7-14)24-18(27)11-28-17-9-8-16(21)15-3-2-10-22-19(15)17/h2-10,12H,11H2,1H3,(H,24,27). The average molecular weight is 426 g/mol. The number of carbonyl (C=O) groups excluding carboxylic acids is 1. The Bertz CT molecular complexity index is 1160. The average Bonchev–Trinajstić information content (AvgIpc) is 3.14. The summed E-state index contributed by atoms with van der Waals surface area (Å²) in [5.74, 6) is 0.244. The summed E-state index contributed by atoms with van der Waals surface area (Å²) in [6.07, 6.45) is 3.31. The lowest BCUT2D eigenvalue weighted by molar-refractivity contribution is -0.118. The summed E-state index contributed by atoms with van der Waals surface area (Å²) < 4.78 is 7.50. The molecule has 0 aliphatic heterocycles. The fourth-order valence-electron chi connectivity index (χ4n) is 2.65. The number of carbonyl (C=O) groups is 1. The number of nitrogens with zero attached hydrogens (tertiary/aromatic N) is 4. The number of halogens is 1. The number of anilines is 1. The third-order valence-corrected chi connectivity index (χ3v) is 5.44. The summed E-state index contributed by atoms with van der Waals surface area (Å²) in [5, 5.41) is 12.9. The number of hydrogen-bond acceptors (Lipinski definition) is 6. The lowest BCUT2D eigenvalue weighted by Crippen LogP contribution is -2.20. The molecule has 0 aliphatic rings. The molecular formula is C20H16ClN5O2S. The lowest BCUT2D eigenvalue weighted by atomic mass is 10.2. The van der Waals surface area contributed by atoms with Crippen molar-refractivity contribution in [3.8, 4) is 5.75 Å². The maximum Gasteiger partial charge on any atom is 0.262 e. The van der Waals surface area contributed by atoms with Crippen molar-refractivity contribution >= 4 is 45.9 Å². The Morgan fingerprint density at radius 2 is 2.03 bits per heavy atom. The normalized spacial score (nSPS) is 10.8. The highest BCUT2D eigenvalue weighted by molar-refractivity contribution is 7.99. The van der Waals surface area contributed by atoms with Crippen LogP contribution >= 0.6 is 23.4 Å². The van der Waals surface area contributed by atoms with Crippen molar-refractivity contribution in [2.45, 2.75) is 10.1 Å². The molecule has 0 unspecified atom stereocenters. The van der Waals surface area contributed by atoms with Gasteiger partial charge in [0.25, 0.3) is 5.91 Å². The van der Waals surface area contributed by atoms with Gasteiger partial charge in [0.05, 0.1) is 5.02 Å². The Labute approximate surface area is 176 Å². The molecule has 29 heavy (non-hydrogen) atoms. The highest BCUT2D eigenvalue weighted by Gasteiger charge is 2.10. The Hall–Kier alpha value is -3.10. The van der Waals surface area contributed by atoms with Gasteiger partial charge in [-0.2, -0.15) is 0 Å². The molecule has 0 radical (unpaired) electrons. The van der Waals surface area contributed by atoms with Gasteiger partial charge >= 0.3 is 0 Å². The SMILES string of the molecule is Cn1cnnc1Sc1ccc(NC(=O)COc2ccc(Cl)c3cccnc23)cc1. The second kappa shape index (κ2) is 8.50. The van der Waals surface area contributed by atoms with Crippen LogP contribution < -0.4 is 10.1 Å². The Balaban J connectivity index is 1.37. The van der Waals surface area contributed by atoms with Crippen molar-refractivity contribution in [1.29, 1.82) is 0 Å². The van der Waals surface area contributed by atoms with Gasteiger partial charge in [-0.25, -0.2) is 0 Å². The summed E-state index contributed by atoms with van der Waals surface area (Å²) in [6.45, 7) is -0.136. The second-order valence-electron chi connectivity index (χ2n) is 6.13. The van der Waals surface area contributed by atoms with Crippen LogP contribution in [-0.2, 0) is 11.8 Å². The Kier molecular flexibility index (Phi) is 5.64. The van der Waals surface area contributed by atoms with Crippen molar-refractivity contribution < 1.29 is 9.53 Å². The molecule has 2 heterocycles. The number of aromatic nitrogens is 4. The highest BCUT2D eigenvalue weighted by Crippen LogP contribution is 2.29. The van der Waals surface area contributed by atoms with Crippen LogP contribution in [0.4, 0.5) is 5.69 Å². The van der Waals surface area contributed by atoms with E-state index in [-0.39, 0.29) is 12.5 Å².